The maximum atomic E-state index is 13.3. The lowest BCUT2D eigenvalue weighted by atomic mass is 10.0. The van der Waals surface area contributed by atoms with E-state index < -0.39 is 12.3 Å². The van der Waals surface area contributed by atoms with Crippen LogP contribution in [-0.4, -0.2) is 22.3 Å². The Kier molecular flexibility index (Phi) is 5.01. The van der Waals surface area contributed by atoms with Gasteiger partial charge in [-0.05, 0) is 12.0 Å². The van der Waals surface area contributed by atoms with Crippen LogP contribution in [-0.2, 0) is 6.54 Å². The van der Waals surface area contributed by atoms with Crippen molar-refractivity contribution >= 4 is 5.91 Å². The third-order valence-corrected chi connectivity index (χ3v) is 4.06. The van der Waals surface area contributed by atoms with Crippen LogP contribution in [0.5, 0.6) is 5.75 Å². The second-order valence-corrected chi connectivity index (χ2v) is 6.55. The van der Waals surface area contributed by atoms with E-state index in [9.17, 15) is 13.6 Å². The van der Waals surface area contributed by atoms with Gasteiger partial charge in [-0.1, -0.05) is 32.0 Å². The van der Waals surface area contributed by atoms with E-state index in [1.54, 1.807) is 0 Å². The molecular formula is C18H21F2N3O2. The van der Waals surface area contributed by atoms with Gasteiger partial charge in [0, 0.05) is 24.7 Å². The van der Waals surface area contributed by atoms with Crippen LogP contribution < -0.4 is 10.1 Å². The van der Waals surface area contributed by atoms with Crippen molar-refractivity contribution in [2.45, 2.75) is 39.3 Å². The van der Waals surface area contributed by atoms with E-state index in [2.05, 4.69) is 10.4 Å². The average molecular weight is 349 g/mol. The molecule has 0 unspecified atom stereocenters. The minimum absolute atomic E-state index is 0.209. The van der Waals surface area contributed by atoms with Crippen LogP contribution in [0, 0.1) is 5.92 Å². The first-order valence-electron chi connectivity index (χ1n) is 8.33. The van der Waals surface area contributed by atoms with E-state index >= 15 is 0 Å². The van der Waals surface area contributed by atoms with Crippen LogP contribution >= 0.6 is 0 Å². The molecule has 0 fully saturated rings. The summed E-state index contributed by atoms with van der Waals surface area (Å²) in [6, 6.07) is 7.12. The predicted octanol–water partition coefficient (Wildman–Crippen LogP) is 3.73. The molecule has 1 aliphatic heterocycles. The highest BCUT2D eigenvalue weighted by Crippen LogP contribution is 2.32. The molecule has 1 amide bonds. The molecule has 3 rings (SSSR count). The lowest BCUT2D eigenvalue weighted by Gasteiger charge is -2.26. The fourth-order valence-electron chi connectivity index (χ4n) is 2.96. The van der Waals surface area contributed by atoms with Crippen molar-refractivity contribution in [3.05, 3.63) is 47.3 Å². The number of hydrogen-bond donors (Lipinski definition) is 1. The number of benzene rings is 1. The monoisotopic (exact) mass is 349 g/mol. The molecule has 2 aromatic rings. The number of aromatic nitrogens is 2. The smallest absolute Gasteiger partial charge is 0.272 e. The number of carbonyl (C=O) groups excluding carboxylic acids is 1. The highest BCUT2D eigenvalue weighted by Gasteiger charge is 2.28. The number of amides is 1. The molecule has 2 heterocycles. The molecule has 134 valence electrons. The molecule has 7 heteroatoms. The number of carbonyl (C=O) groups is 1. The molecular weight excluding hydrogens is 328 g/mol. The van der Waals surface area contributed by atoms with Gasteiger partial charge in [0.05, 0.1) is 18.2 Å². The maximum Gasteiger partial charge on any atom is 0.272 e. The van der Waals surface area contributed by atoms with Gasteiger partial charge < -0.3 is 10.1 Å². The number of halogens is 2. The predicted molar refractivity (Wildman–Crippen MR) is 88.8 cm³/mol. The van der Waals surface area contributed by atoms with Crippen molar-refractivity contribution in [3.8, 4) is 5.75 Å². The Morgan fingerprint density at radius 1 is 1.40 bits per heavy atom. The Hall–Kier alpha value is -2.44. The zero-order chi connectivity index (χ0) is 18.0. The zero-order valence-corrected chi connectivity index (χ0v) is 14.2. The summed E-state index contributed by atoms with van der Waals surface area (Å²) in [5.74, 6) is 0.363. The molecule has 0 bridgehead atoms. The van der Waals surface area contributed by atoms with Gasteiger partial charge in [0.15, 0.2) is 5.69 Å². The number of nitrogens with one attached hydrogen (secondary N) is 1. The van der Waals surface area contributed by atoms with Crippen molar-refractivity contribution < 1.29 is 18.3 Å². The van der Waals surface area contributed by atoms with Gasteiger partial charge in [-0.2, -0.15) is 5.10 Å². The maximum absolute atomic E-state index is 13.3. The summed E-state index contributed by atoms with van der Waals surface area (Å²) in [5.41, 5.74) is 0.306. The summed E-state index contributed by atoms with van der Waals surface area (Å²) in [7, 11) is 0. The Morgan fingerprint density at radius 2 is 2.16 bits per heavy atom. The Morgan fingerprint density at radius 3 is 2.88 bits per heavy atom. The third-order valence-electron chi connectivity index (χ3n) is 4.06. The number of fused-ring (bicyclic) bond motifs is 1. The molecule has 1 aromatic carbocycles. The summed E-state index contributed by atoms with van der Waals surface area (Å²) < 4.78 is 33.6. The van der Waals surface area contributed by atoms with Crippen LogP contribution in [0.2, 0.25) is 0 Å². The summed E-state index contributed by atoms with van der Waals surface area (Å²) in [6.07, 6.45) is -0.902. The molecule has 1 aliphatic rings. The summed E-state index contributed by atoms with van der Waals surface area (Å²) >= 11 is 0. The largest absolute Gasteiger partial charge is 0.493 e. The minimum atomic E-state index is -2.75. The van der Waals surface area contributed by atoms with Gasteiger partial charge in [0.2, 0.25) is 0 Å². The van der Waals surface area contributed by atoms with Gasteiger partial charge >= 0.3 is 0 Å². The quantitative estimate of drug-likeness (QED) is 0.895. The minimum Gasteiger partial charge on any atom is -0.493 e. The lowest BCUT2D eigenvalue weighted by molar-refractivity contribution is 0.0906. The molecule has 0 aliphatic carbocycles. The number of hydrogen-bond acceptors (Lipinski definition) is 3. The number of rotatable bonds is 5. The summed E-state index contributed by atoms with van der Waals surface area (Å²) in [6.45, 7) is 4.86. The van der Waals surface area contributed by atoms with Gasteiger partial charge in [0.1, 0.15) is 5.75 Å². The number of nitrogens with zero attached hydrogens (tertiary/aromatic N) is 2. The van der Waals surface area contributed by atoms with Gasteiger partial charge in [0.25, 0.3) is 12.3 Å². The first-order chi connectivity index (χ1) is 12.0. The molecule has 5 nitrogen and oxygen atoms in total. The van der Waals surface area contributed by atoms with E-state index in [1.807, 2.05) is 38.1 Å². The van der Waals surface area contributed by atoms with Crippen LogP contribution in [0.4, 0.5) is 8.78 Å². The van der Waals surface area contributed by atoms with E-state index in [1.165, 1.54) is 10.9 Å². The topological polar surface area (TPSA) is 56.2 Å². The van der Waals surface area contributed by atoms with Crippen molar-refractivity contribution in [2.24, 2.45) is 5.92 Å². The van der Waals surface area contributed by atoms with Gasteiger partial charge in [-0.25, -0.2) is 8.78 Å². The third kappa shape index (κ3) is 3.81. The van der Waals surface area contributed by atoms with Gasteiger partial charge in [-0.3, -0.25) is 9.48 Å². The summed E-state index contributed by atoms with van der Waals surface area (Å²) in [4.78, 5) is 12.6. The lowest BCUT2D eigenvalue weighted by Crippen LogP contribution is -2.33. The molecule has 25 heavy (non-hydrogen) atoms. The zero-order valence-electron chi connectivity index (χ0n) is 14.2. The molecule has 0 saturated heterocycles. The molecule has 0 radical (unpaired) electrons. The molecule has 0 spiro atoms. The molecule has 1 N–H and O–H groups in total. The molecule has 0 saturated carbocycles. The fourth-order valence-corrected chi connectivity index (χ4v) is 2.96. The second kappa shape index (κ2) is 7.21. The number of ether oxygens (including phenoxy) is 1. The van der Waals surface area contributed by atoms with Crippen LogP contribution in [0.1, 0.15) is 54.4 Å². The van der Waals surface area contributed by atoms with Crippen LogP contribution in [0.15, 0.2) is 30.5 Å². The highest BCUT2D eigenvalue weighted by atomic mass is 19.3. The van der Waals surface area contributed by atoms with Crippen molar-refractivity contribution in [1.82, 2.24) is 15.1 Å². The Labute approximate surface area is 145 Å². The van der Waals surface area contributed by atoms with E-state index in [0.717, 1.165) is 5.56 Å². The van der Waals surface area contributed by atoms with Gasteiger partial charge in [-0.15, -0.1) is 0 Å². The van der Waals surface area contributed by atoms with Crippen molar-refractivity contribution in [1.29, 1.82) is 0 Å². The normalized spacial score (nSPS) is 16.6. The van der Waals surface area contributed by atoms with Crippen molar-refractivity contribution in [2.75, 3.05) is 6.61 Å². The van der Waals surface area contributed by atoms with Crippen LogP contribution in [0.25, 0.3) is 0 Å². The number of para-hydroxylation sites is 1. The van der Waals surface area contributed by atoms with E-state index in [4.69, 9.17) is 4.74 Å². The first kappa shape index (κ1) is 17.4. The Bertz CT molecular complexity index is 759. The second-order valence-electron chi connectivity index (χ2n) is 6.55. The highest BCUT2D eigenvalue weighted by molar-refractivity contribution is 5.94. The van der Waals surface area contributed by atoms with E-state index in [0.29, 0.717) is 25.3 Å². The Balaban J connectivity index is 1.83. The fraction of sp³-hybridized carbons (Fsp3) is 0.444. The number of alkyl halides is 2. The first-order valence-corrected chi connectivity index (χ1v) is 8.33. The molecule has 1 aromatic heterocycles. The average Bonchev–Trinajstić information content (AvgIpc) is 2.99. The standard InChI is InChI=1S/C18H21F2N3O2/c1-11(2)9-23-10-13(17(19)20)16(22-23)18(24)21-14-7-8-25-15-6-4-3-5-12(14)15/h3-6,10-11,14,17H,7-9H2,1-2H3,(H,21,24)/t14-/m0/s1. The summed E-state index contributed by atoms with van der Waals surface area (Å²) in [5, 5.41) is 6.91. The van der Waals surface area contributed by atoms with Crippen molar-refractivity contribution in [3.63, 3.8) is 0 Å². The molecule has 1 atom stereocenters. The SMILES string of the molecule is CC(C)Cn1cc(C(F)F)c(C(=O)N[C@H]2CCOc3ccccc32)n1. The van der Waals surface area contributed by atoms with Crippen LogP contribution in [0.3, 0.4) is 0 Å². The van der Waals surface area contributed by atoms with E-state index in [-0.39, 0.29) is 23.2 Å².